The van der Waals surface area contributed by atoms with Crippen molar-refractivity contribution < 1.29 is 0 Å². The van der Waals surface area contributed by atoms with Crippen molar-refractivity contribution in [1.82, 2.24) is 15.4 Å². The molecule has 0 saturated heterocycles. The molecule has 0 amide bonds. The van der Waals surface area contributed by atoms with Crippen molar-refractivity contribution in [3.63, 3.8) is 0 Å². The van der Waals surface area contributed by atoms with Crippen LogP contribution in [-0.4, -0.2) is 32.5 Å². The van der Waals surface area contributed by atoms with E-state index in [4.69, 9.17) is 5.26 Å². The van der Waals surface area contributed by atoms with Gasteiger partial charge in [-0.1, -0.05) is 0 Å². The van der Waals surface area contributed by atoms with Crippen LogP contribution < -0.4 is 5.32 Å². The van der Waals surface area contributed by atoms with Crippen molar-refractivity contribution in [1.29, 1.82) is 5.26 Å². The van der Waals surface area contributed by atoms with Gasteiger partial charge >= 0.3 is 0 Å². The van der Waals surface area contributed by atoms with Crippen molar-refractivity contribution in [3.05, 3.63) is 12.3 Å². The number of anilines is 1. The monoisotopic (exact) mass is 201 g/mol. The van der Waals surface area contributed by atoms with Gasteiger partial charge in [-0.2, -0.15) is 5.26 Å². The van der Waals surface area contributed by atoms with Crippen LogP contribution in [0.15, 0.2) is 12.3 Å². The van der Waals surface area contributed by atoms with Crippen LogP contribution in [0, 0.1) is 11.5 Å². The smallest absolute Gasteiger partial charge is 0.182 e. The number of aromatic nitrogens is 3. The van der Waals surface area contributed by atoms with Crippen molar-refractivity contribution in [2.24, 2.45) is 0 Å². The SMILES string of the molecule is N#CNc1ccnnn1.[Se]. The first-order valence-corrected chi connectivity index (χ1v) is 2.23. The Bertz CT molecular complexity index is 217. The molecule has 1 N–H and O–H groups in total. The zero-order chi connectivity index (χ0) is 6.53. The Kier molecular flexibility index (Phi) is 4.12. The summed E-state index contributed by atoms with van der Waals surface area (Å²) < 4.78 is 0. The zero-order valence-electron chi connectivity index (χ0n) is 4.85. The Balaban J connectivity index is 0.000000810. The first-order chi connectivity index (χ1) is 4.43. The second kappa shape index (κ2) is 4.68. The van der Waals surface area contributed by atoms with Crippen LogP contribution in [0.25, 0.3) is 0 Å². The summed E-state index contributed by atoms with van der Waals surface area (Å²) in [5.74, 6) is 0.410. The summed E-state index contributed by atoms with van der Waals surface area (Å²) in [4.78, 5) is 0. The molecule has 50 valence electrons. The maximum Gasteiger partial charge on any atom is 0.182 e. The number of nitrogens with zero attached hydrogens (tertiary/aromatic N) is 4. The molecule has 5 nitrogen and oxygen atoms in total. The Morgan fingerprint density at radius 3 is 2.90 bits per heavy atom. The number of hydrogen-bond acceptors (Lipinski definition) is 5. The van der Waals surface area contributed by atoms with Gasteiger partial charge in [0, 0.05) is 23.1 Å². The molecule has 0 bridgehead atoms. The first-order valence-electron chi connectivity index (χ1n) is 2.23. The fraction of sp³-hybridized carbons (Fsp3) is 0. The van der Waals surface area contributed by atoms with Gasteiger partial charge in [-0.15, -0.1) is 10.2 Å². The van der Waals surface area contributed by atoms with Crippen molar-refractivity contribution >= 4 is 22.9 Å². The number of hydrogen-bond donors (Lipinski definition) is 1. The zero-order valence-corrected chi connectivity index (χ0v) is 6.56. The molecule has 10 heavy (non-hydrogen) atoms. The van der Waals surface area contributed by atoms with Gasteiger partial charge in [0.2, 0.25) is 0 Å². The van der Waals surface area contributed by atoms with Gasteiger partial charge in [-0.3, -0.25) is 5.32 Å². The van der Waals surface area contributed by atoms with Gasteiger partial charge in [0.1, 0.15) is 0 Å². The molecule has 1 heterocycles. The summed E-state index contributed by atoms with van der Waals surface area (Å²) in [6.45, 7) is 0. The molecule has 0 spiro atoms. The van der Waals surface area contributed by atoms with E-state index in [2.05, 4.69) is 20.7 Å². The molecular formula is C4H3N5Se. The third kappa shape index (κ3) is 2.40. The first kappa shape index (κ1) is 8.82. The molecule has 0 unspecified atom stereocenters. The van der Waals surface area contributed by atoms with Crippen LogP contribution in [0.1, 0.15) is 0 Å². The van der Waals surface area contributed by atoms with E-state index in [0.29, 0.717) is 5.82 Å². The van der Waals surface area contributed by atoms with E-state index in [9.17, 15) is 0 Å². The quantitative estimate of drug-likeness (QED) is 0.371. The second-order valence-corrected chi connectivity index (χ2v) is 1.24. The summed E-state index contributed by atoms with van der Waals surface area (Å²) in [5, 5.41) is 20.6. The minimum absolute atomic E-state index is 0. The topological polar surface area (TPSA) is 74.5 Å². The second-order valence-electron chi connectivity index (χ2n) is 1.24. The average Bonchev–Trinajstić information content (AvgIpc) is 1.91. The molecule has 0 aliphatic rings. The van der Waals surface area contributed by atoms with E-state index in [1.807, 2.05) is 0 Å². The van der Waals surface area contributed by atoms with E-state index >= 15 is 0 Å². The van der Waals surface area contributed by atoms with Gasteiger partial charge in [0.25, 0.3) is 0 Å². The molecule has 0 saturated carbocycles. The number of rotatable bonds is 1. The molecule has 1 rings (SSSR count). The Labute approximate surface area is 67.9 Å². The summed E-state index contributed by atoms with van der Waals surface area (Å²) in [6.07, 6.45) is 3.15. The van der Waals surface area contributed by atoms with Crippen molar-refractivity contribution in [2.75, 3.05) is 5.32 Å². The van der Waals surface area contributed by atoms with Gasteiger partial charge in [0.15, 0.2) is 12.0 Å². The van der Waals surface area contributed by atoms with Crippen LogP contribution in [0.4, 0.5) is 5.82 Å². The molecule has 2 radical (unpaired) electrons. The van der Waals surface area contributed by atoms with Crippen molar-refractivity contribution in [2.45, 2.75) is 0 Å². The predicted molar refractivity (Wildman–Crippen MR) is 34.8 cm³/mol. The van der Waals surface area contributed by atoms with Gasteiger partial charge < -0.3 is 0 Å². The Hall–Kier alpha value is -1.18. The maximum absolute atomic E-state index is 8.07. The maximum atomic E-state index is 8.07. The average molecular weight is 200 g/mol. The fourth-order valence-electron chi connectivity index (χ4n) is 0.365. The summed E-state index contributed by atoms with van der Waals surface area (Å²) >= 11 is 0. The van der Waals surface area contributed by atoms with Crippen molar-refractivity contribution in [3.8, 4) is 6.19 Å². The summed E-state index contributed by atoms with van der Waals surface area (Å²) in [7, 11) is 0. The van der Waals surface area contributed by atoms with E-state index in [1.165, 1.54) is 6.20 Å². The molecule has 0 aliphatic carbocycles. The Morgan fingerprint density at radius 2 is 2.40 bits per heavy atom. The van der Waals surface area contributed by atoms with E-state index in [1.54, 1.807) is 12.3 Å². The third-order valence-electron chi connectivity index (χ3n) is 0.687. The van der Waals surface area contributed by atoms with Crippen LogP contribution >= 0.6 is 0 Å². The minimum atomic E-state index is 0. The Morgan fingerprint density at radius 1 is 1.60 bits per heavy atom. The molecule has 0 atom stereocenters. The normalized spacial score (nSPS) is 7.10. The van der Waals surface area contributed by atoms with E-state index < -0.39 is 0 Å². The largest absolute Gasteiger partial charge is 0.275 e. The van der Waals surface area contributed by atoms with E-state index in [0.717, 1.165) is 0 Å². The standard InChI is InChI=1S/C4H3N5.Se/c5-3-6-4-1-2-7-9-8-4;/h1-2H,(H,6,7,8);. The van der Waals surface area contributed by atoms with Gasteiger partial charge in [0.05, 0.1) is 6.20 Å². The number of nitriles is 1. The van der Waals surface area contributed by atoms with Crippen LogP contribution in [0.2, 0.25) is 0 Å². The third-order valence-corrected chi connectivity index (χ3v) is 0.687. The minimum Gasteiger partial charge on any atom is -0.275 e. The molecule has 0 aromatic carbocycles. The predicted octanol–water partition coefficient (Wildman–Crippen LogP) is -0.616. The molecule has 0 fully saturated rings. The van der Waals surface area contributed by atoms with Gasteiger partial charge in [-0.25, -0.2) is 0 Å². The van der Waals surface area contributed by atoms with Crippen LogP contribution in [0.5, 0.6) is 0 Å². The summed E-state index contributed by atoms with van der Waals surface area (Å²) in [5.41, 5.74) is 0. The number of nitrogens with one attached hydrogen (secondary N) is 1. The molecule has 6 heteroatoms. The summed E-state index contributed by atoms with van der Waals surface area (Å²) in [6, 6.07) is 1.55. The van der Waals surface area contributed by atoms with Gasteiger partial charge in [-0.05, 0) is 5.21 Å². The van der Waals surface area contributed by atoms with Crippen LogP contribution in [0.3, 0.4) is 0 Å². The molecular weight excluding hydrogens is 197 g/mol. The van der Waals surface area contributed by atoms with Crippen LogP contribution in [-0.2, 0) is 0 Å². The molecule has 1 aromatic rings. The van der Waals surface area contributed by atoms with E-state index in [-0.39, 0.29) is 17.1 Å². The molecule has 0 aliphatic heterocycles. The fourth-order valence-corrected chi connectivity index (χ4v) is 0.365. The molecule has 1 aromatic heterocycles.